The molecule has 0 aliphatic heterocycles. The third kappa shape index (κ3) is 4.70. The zero-order valence-electron chi connectivity index (χ0n) is 17.3. The Bertz CT molecular complexity index is 998. The van der Waals surface area contributed by atoms with Crippen molar-refractivity contribution in [3.05, 3.63) is 44.2 Å². The highest BCUT2D eigenvalue weighted by Crippen LogP contribution is 2.40. The molecule has 0 saturated heterocycles. The third-order valence-corrected chi connectivity index (χ3v) is 6.78. The van der Waals surface area contributed by atoms with Crippen molar-refractivity contribution in [1.29, 1.82) is 0 Å². The number of amides is 1. The lowest BCUT2D eigenvalue weighted by Gasteiger charge is -2.18. The maximum atomic E-state index is 12.6. The minimum Gasteiger partial charge on any atom is -0.493 e. The summed E-state index contributed by atoms with van der Waals surface area (Å²) in [4.78, 5) is 26.1. The Hall–Kier alpha value is -2.32. The number of halogens is 1. The summed E-state index contributed by atoms with van der Waals surface area (Å²) in [5.74, 6) is 0.969. The van der Waals surface area contributed by atoms with Crippen molar-refractivity contribution < 1.29 is 23.8 Å². The summed E-state index contributed by atoms with van der Waals surface area (Å²) in [6.45, 7) is 2.20. The zero-order chi connectivity index (χ0) is 21.8. The van der Waals surface area contributed by atoms with Crippen LogP contribution in [0.1, 0.15) is 39.7 Å². The van der Waals surface area contributed by atoms with Crippen molar-refractivity contribution in [2.75, 3.05) is 26.6 Å². The van der Waals surface area contributed by atoms with Gasteiger partial charge < -0.3 is 19.5 Å². The highest BCUT2D eigenvalue weighted by atomic mass is 79.9. The standard InChI is InChI=1S/C22H24BrNO5S/c1-12-5-7-14-17(9-12)30-21(19(14)22(26)29-4)24-18(25)8-6-13-10-15(23)20(28-3)16(11-13)27-2/h6,8,10-12H,5,7,9H2,1-4H3,(H,24,25)/b8-6+. The molecule has 3 rings (SSSR count). The summed E-state index contributed by atoms with van der Waals surface area (Å²) in [6, 6.07) is 3.61. The van der Waals surface area contributed by atoms with Gasteiger partial charge in [-0.1, -0.05) is 6.92 Å². The molecule has 1 aliphatic carbocycles. The molecular formula is C22H24BrNO5S. The largest absolute Gasteiger partial charge is 0.493 e. The average molecular weight is 494 g/mol. The van der Waals surface area contributed by atoms with Gasteiger partial charge in [0.1, 0.15) is 5.00 Å². The number of nitrogens with one attached hydrogen (secondary N) is 1. The molecule has 0 bridgehead atoms. The summed E-state index contributed by atoms with van der Waals surface area (Å²) < 4.78 is 16.3. The SMILES string of the molecule is COC(=O)c1c(NC(=O)/C=C/c2cc(Br)c(OC)c(OC)c2)sc2c1CCC(C)C2. The van der Waals surface area contributed by atoms with Gasteiger partial charge in [0.2, 0.25) is 5.91 Å². The Kier molecular flexibility index (Phi) is 7.20. The molecule has 0 radical (unpaired) electrons. The van der Waals surface area contributed by atoms with Crippen LogP contribution in [0.15, 0.2) is 22.7 Å². The van der Waals surface area contributed by atoms with Gasteiger partial charge in [-0.3, -0.25) is 4.79 Å². The fourth-order valence-electron chi connectivity index (χ4n) is 3.52. The maximum Gasteiger partial charge on any atom is 0.341 e. The minimum atomic E-state index is -0.412. The van der Waals surface area contributed by atoms with Gasteiger partial charge in [0.25, 0.3) is 0 Å². The molecule has 8 heteroatoms. The fourth-order valence-corrected chi connectivity index (χ4v) is 5.54. The number of esters is 1. The number of anilines is 1. The Morgan fingerprint density at radius 1 is 1.23 bits per heavy atom. The molecule has 30 heavy (non-hydrogen) atoms. The Morgan fingerprint density at radius 3 is 2.67 bits per heavy atom. The lowest BCUT2D eigenvalue weighted by atomic mass is 9.88. The van der Waals surface area contributed by atoms with E-state index in [9.17, 15) is 9.59 Å². The molecule has 6 nitrogen and oxygen atoms in total. The van der Waals surface area contributed by atoms with Gasteiger partial charge in [0.05, 0.1) is 31.4 Å². The molecule has 1 amide bonds. The van der Waals surface area contributed by atoms with E-state index >= 15 is 0 Å². The van der Waals surface area contributed by atoms with Crippen LogP contribution in [-0.2, 0) is 22.4 Å². The van der Waals surface area contributed by atoms with E-state index in [0.717, 1.165) is 39.7 Å². The molecule has 1 unspecified atom stereocenters. The van der Waals surface area contributed by atoms with Crippen molar-refractivity contribution >= 4 is 50.2 Å². The lowest BCUT2D eigenvalue weighted by Crippen LogP contribution is -2.14. The van der Waals surface area contributed by atoms with Crippen LogP contribution in [0.25, 0.3) is 6.08 Å². The van der Waals surface area contributed by atoms with Crippen molar-refractivity contribution in [2.45, 2.75) is 26.2 Å². The van der Waals surface area contributed by atoms with Crippen LogP contribution in [0.5, 0.6) is 11.5 Å². The normalized spacial score (nSPS) is 15.6. The van der Waals surface area contributed by atoms with Crippen LogP contribution >= 0.6 is 27.3 Å². The van der Waals surface area contributed by atoms with Gasteiger partial charge in [-0.05, 0) is 70.4 Å². The Morgan fingerprint density at radius 2 is 2.00 bits per heavy atom. The first kappa shape index (κ1) is 22.4. The van der Waals surface area contributed by atoms with Gasteiger partial charge in [0.15, 0.2) is 11.5 Å². The quantitative estimate of drug-likeness (QED) is 0.447. The number of benzene rings is 1. The van der Waals surface area contributed by atoms with Crippen LogP contribution in [0.4, 0.5) is 5.00 Å². The summed E-state index contributed by atoms with van der Waals surface area (Å²) >= 11 is 4.90. The number of ether oxygens (including phenoxy) is 3. The second kappa shape index (κ2) is 9.66. The first-order chi connectivity index (χ1) is 14.4. The number of rotatable bonds is 6. The van der Waals surface area contributed by atoms with E-state index in [1.54, 1.807) is 26.4 Å². The molecule has 0 fully saturated rings. The molecule has 1 atom stereocenters. The second-order valence-corrected chi connectivity index (χ2v) is 9.07. The van der Waals surface area contributed by atoms with Crippen LogP contribution in [0.2, 0.25) is 0 Å². The van der Waals surface area contributed by atoms with E-state index < -0.39 is 5.97 Å². The number of hydrogen-bond donors (Lipinski definition) is 1. The topological polar surface area (TPSA) is 73.9 Å². The highest BCUT2D eigenvalue weighted by Gasteiger charge is 2.28. The van der Waals surface area contributed by atoms with E-state index in [1.807, 2.05) is 6.07 Å². The van der Waals surface area contributed by atoms with Crippen molar-refractivity contribution in [3.8, 4) is 11.5 Å². The molecule has 0 spiro atoms. The predicted molar refractivity (Wildman–Crippen MR) is 122 cm³/mol. The molecule has 160 valence electrons. The number of methoxy groups -OCH3 is 3. The van der Waals surface area contributed by atoms with Gasteiger partial charge in [-0.25, -0.2) is 4.79 Å². The fraction of sp³-hybridized carbons (Fsp3) is 0.364. The number of thiophene rings is 1. The van der Waals surface area contributed by atoms with E-state index in [4.69, 9.17) is 14.2 Å². The molecular weight excluding hydrogens is 470 g/mol. The van der Waals surface area contributed by atoms with Crippen LogP contribution in [-0.4, -0.2) is 33.2 Å². The van der Waals surface area contributed by atoms with Gasteiger partial charge in [-0.15, -0.1) is 11.3 Å². The van der Waals surface area contributed by atoms with Gasteiger partial charge in [0, 0.05) is 11.0 Å². The number of fused-ring (bicyclic) bond motifs is 1. The smallest absolute Gasteiger partial charge is 0.341 e. The molecule has 1 aromatic heterocycles. The maximum absolute atomic E-state index is 12.6. The average Bonchev–Trinajstić information content (AvgIpc) is 3.07. The van der Waals surface area contributed by atoms with E-state index in [1.165, 1.54) is 24.5 Å². The number of carbonyl (C=O) groups is 2. The van der Waals surface area contributed by atoms with E-state index in [2.05, 4.69) is 28.2 Å². The van der Waals surface area contributed by atoms with Gasteiger partial charge >= 0.3 is 5.97 Å². The Labute approximate surface area is 188 Å². The third-order valence-electron chi connectivity index (χ3n) is 5.02. The number of carbonyl (C=O) groups excluding carboxylic acids is 2. The Balaban J connectivity index is 1.83. The summed E-state index contributed by atoms with van der Waals surface area (Å²) in [5.41, 5.74) is 2.26. The van der Waals surface area contributed by atoms with Crippen molar-refractivity contribution in [1.82, 2.24) is 0 Å². The van der Waals surface area contributed by atoms with Crippen molar-refractivity contribution in [3.63, 3.8) is 0 Å². The molecule has 0 saturated carbocycles. The molecule has 1 aromatic carbocycles. The first-order valence-corrected chi connectivity index (χ1v) is 11.1. The van der Waals surface area contributed by atoms with Gasteiger partial charge in [-0.2, -0.15) is 0 Å². The molecule has 1 aliphatic rings. The van der Waals surface area contributed by atoms with Crippen molar-refractivity contribution in [2.24, 2.45) is 5.92 Å². The van der Waals surface area contributed by atoms with Crippen LogP contribution in [0, 0.1) is 5.92 Å². The summed E-state index contributed by atoms with van der Waals surface area (Å²) in [5, 5.41) is 3.40. The number of hydrogen-bond acceptors (Lipinski definition) is 6. The monoisotopic (exact) mass is 493 g/mol. The zero-order valence-corrected chi connectivity index (χ0v) is 19.7. The van der Waals surface area contributed by atoms with E-state index in [-0.39, 0.29) is 5.91 Å². The molecule has 2 aromatic rings. The van der Waals surface area contributed by atoms with Crippen LogP contribution in [0.3, 0.4) is 0 Å². The summed E-state index contributed by atoms with van der Waals surface area (Å²) in [7, 11) is 4.47. The summed E-state index contributed by atoms with van der Waals surface area (Å²) in [6.07, 6.45) is 5.86. The minimum absolute atomic E-state index is 0.322. The first-order valence-electron chi connectivity index (χ1n) is 9.51. The van der Waals surface area contributed by atoms with Crippen LogP contribution < -0.4 is 14.8 Å². The lowest BCUT2D eigenvalue weighted by molar-refractivity contribution is -0.111. The molecule has 1 heterocycles. The van der Waals surface area contributed by atoms with E-state index in [0.29, 0.717) is 28.0 Å². The molecule has 1 N–H and O–H groups in total. The second-order valence-electron chi connectivity index (χ2n) is 7.11. The predicted octanol–water partition coefficient (Wildman–Crippen LogP) is 5.09. The highest BCUT2D eigenvalue weighted by molar-refractivity contribution is 9.10.